The molecule has 26 heavy (non-hydrogen) atoms. The monoisotopic (exact) mass is 352 g/mol. The van der Waals surface area contributed by atoms with Gasteiger partial charge in [-0.15, -0.1) is 0 Å². The second kappa shape index (κ2) is 6.04. The number of hydrogen-bond donors (Lipinski definition) is 0. The number of halogens is 1. The highest BCUT2D eigenvalue weighted by Crippen LogP contribution is 2.48. The number of nitrogens with zero attached hydrogens (tertiary/aromatic N) is 4. The largest absolute Gasteiger partial charge is 0.338 e. The Kier molecular flexibility index (Phi) is 3.65. The molecule has 4 fully saturated rings. The van der Waals surface area contributed by atoms with Gasteiger partial charge in [0.25, 0.3) is 5.91 Å². The van der Waals surface area contributed by atoms with Crippen LogP contribution in [0.5, 0.6) is 0 Å². The quantitative estimate of drug-likeness (QED) is 0.834. The molecule has 0 N–H and O–H groups in total. The molecule has 3 saturated heterocycles. The number of aromatic nitrogens is 2. The molecule has 4 heterocycles. The molecule has 6 heteroatoms. The van der Waals surface area contributed by atoms with Gasteiger partial charge in [-0.25, -0.2) is 14.4 Å². The second-order valence-corrected chi connectivity index (χ2v) is 7.62. The summed E-state index contributed by atoms with van der Waals surface area (Å²) in [5.74, 6) is 1.65. The van der Waals surface area contributed by atoms with Crippen LogP contribution in [0.4, 0.5) is 10.3 Å². The van der Waals surface area contributed by atoms with E-state index >= 15 is 0 Å². The predicted molar refractivity (Wildman–Crippen MR) is 95.2 cm³/mol. The van der Waals surface area contributed by atoms with Crippen LogP contribution in [-0.2, 0) is 0 Å². The second-order valence-electron chi connectivity index (χ2n) is 7.62. The molecule has 2 aromatic rings. The summed E-state index contributed by atoms with van der Waals surface area (Å²) in [6, 6.07) is 8.47. The molecule has 1 aromatic carbocycles. The Balaban J connectivity index is 1.39. The van der Waals surface area contributed by atoms with Gasteiger partial charge in [0.2, 0.25) is 5.95 Å². The van der Waals surface area contributed by atoms with Crippen LogP contribution < -0.4 is 4.90 Å². The Morgan fingerprint density at radius 1 is 1.00 bits per heavy atom. The topological polar surface area (TPSA) is 49.3 Å². The van der Waals surface area contributed by atoms with Crippen LogP contribution in [0.1, 0.15) is 23.2 Å². The average Bonchev–Trinajstić information content (AvgIpc) is 3.16. The van der Waals surface area contributed by atoms with E-state index in [1.165, 1.54) is 12.5 Å². The third-order valence-electron chi connectivity index (χ3n) is 6.38. The highest BCUT2D eigenvalue weighted by molar-refractivity contribution is 5.94. The van der Waals surface area contributed by atoms with Crippen LogP contribution in [-0.4, -0.2) is 46.5 Å². The summed E-state index contributed by atoms with van der Waals surface area (Å²) in [5.41, 5.74) is 0.182. The van der Waals surface area contributed by atoms with Crippen molar-refractivity contribution in [2.45, 2.75) is 18.9 Å². The molecule has 1 aromatic heterocycles. The standard InChI is InChI=1S/C20H21FN4O/c21-17-5-2-1-4-14(17)19(26)24-11-15-13-6-7-18(16(15)12-24)25(10-13)20-22-8-3-9-23-20/h1-5,8-9,13,15-16,18H,6-7,10-12H2. The van der Waals surface area contributed by atoms with Crippen molar-refractivity contribution in [1.82, 2.24) is 14.9 Å². The zero-order valence-electron chi connectivity index (χ0n) is 14.5. The van der Waals surface area contributed by atoms with Gasteiger partial charge in [0.1, 0.15) is 5.82 Å². The zero-order valence-corrected chi connectivity index (χ0v) is 14.5. The Bertz CT molecular complexity index is 830. The van der Waals surface area contributed by atoms with Crippen molar-refractivity contribution in [2.75, 3.05) is 24.5 Å². The molecule has 1 amide bonds. The van der Waals surface area contributed by atoms with Gasteiger partial charge in [0.15, 0.2) is 0 Å². The lowest BCUT2D eigenvalue weighted by atomic mass is 9.67. The Hall–Kier alpha value is -2.50. The van der Waals surface area contributed by atoms with E-state index in [4.69, 9.17) is 0 Å². The molecule has 4 atom stereocenters. The Morgan fingerprint density at radius 3 is 2.58 bits per heavy atom. The molecule has 1 saturated carbocycles. The van der Waals surface area contributed by atoms with Crippen molar-refractivity contribution in [2.24, 2.45) is 17.8 Å². The van der Waals surface area contributed by atoms with E-state index in [9.17, 15) is 9.18 Å². The Morgan fingerprint density at radius 2 is 1.77 bits per heavy atom. The number of hydrogen-bond acceptors (Lipinski definition) is 4. The van der Waals surface area contributed by atoms with Gasteiger partial charge in [-0.05, 0) is 42.9 Å². The van der Waals surface area contributed by atoms with E-state index in [0.717, 1.165) is 25.5 Å². The highest BCUT2D eigenvalue weighted by Gasteiger charge is 2.52. The smallest absolute Gasteiger partial charge is 0.256 e. The number of rotatable bonds is 2. The van der Waals surface area contributed by atoms with Crippen LogP contribution in [0, 0.1) is 23.6 Å². The number of benzene rings is 1. The number of piperidine rings is 2. The first-order chi connectivity index (χ1) is 12.7. The van der Waals surface area contributed by atoms with E-state index in [0.29, 0.717) is 30.3 Å². The SMILES string of the molecule is O=C(c1ccccc1F)N1CC2C3CCC(C2C1)N(c1ncccn1)C3. The van der Waals surface area contributed by atoms with Crippen molar-refractivity contribution in [3.05, 3.63) is 54.1 Å². The number of amides is 1. The molecule has 0 radical (unpaired) electrons. The summed E-state index contributed by atoms with van der Waals surface area (Å²) >= 11 is 0. The van der Waals surface area contributed by atoms with Crippen molar-refractivity contribution in [3.63, 3.8) is 0 Å². The normalized spacial score (nSPS) is 29.7. The molecule has 1 aliphatic carbocycles. The van der Waals surface area contributed by atoms with Crippen LogP contribution in [0.2, 0.25) is 0 Å². The summed E-state index contributed by atoms with van der Waals surface area (Å²) in [4.78, 5) is 25.9. The summed E-state index contributed by atoms with van der Waals surface area (Å²) in [7, 11) is 0. The average molecular weight is 352 g/mol. The fourth-order valence-electron chi connectivity index (χ4n) is 5.21. The van der Waals surface area contributed by atoms with Crippen molar-refractivity contribution < 1.29 is 9.18 Å². The van der Waals surface area contributed by atoms with Crippen molar-refractivity contribution in [1.29, 1.82) is 0 Å². The molecular formula is C20H21FN4O. The van der Waals surface area contributed by atoms with Crippen molar-refractivity contribution in [3.8, 4) is 0 Å². The first-order valence-electron chi connectivity index (χ1n) is 9.30. The summed E-state index contributed by atoms with van der Waals surface area (Å²) in [6.45, 7) is 2.39. The molecule has 4 aliphatic rings. The number of fused-ring (bicyclic) bond motifs is 2. The number of likely N-dealkylation sites (tertiary alicyclic amines) is 1. The number of anilines is 1. The fraction of sp³-hybridized carbons (Fsp3) is 0.450. The summed E-state index contributed by atoms with van der Waals surface area (Å²) < 4.78 is 14.0. The lowest BCUT2D eigenvalue weighted by Crippen LogP contribution is -2.57. The highest BCUT2D eigenvalue weighted by atomic mass is 19.1. The van der Waals surface area contributed by atoms with Gasteiger partial charge >= 0.3 is 0 Å². The van der Waals surface area contributed by atoms with E-state index in [-0.39, 0.29) is 11.5 Å². The minimum atomic E-state index is -0.436. The minimum Gasteiger partial charge on any atom is -0.338 e. The maximum Gasteiger partial charge on any atom is 0.256 e. The molecule has 6 rings (SSSR count). The van der Waals surface area contributed by atoms with Gasteiger partial charge in [-0.2, -0.15) is 0 Å². The molecule has 134 valence electrons. The minimum absolute atomic E-state index is 0.181. The summed E-state index contributed by atoms with van der Waals surface area (Å²) in [6.07, 6.45) is 5.87. The lowest BCUT2D eigenvalue weighted by molar-refractivity contribution is 0.0778. The van der Waals surface area contributed by atoms with E-state index < -0.39 is 5.82 Å². The van der Waals surface area contributed by atoms with Crippen LogP contribution in [0.25, 0.3) is 0 Å². The molecule has 4 unspecified atom stereocenters. The predicted octanol–water partition coefficient (Wildman–Crippen LogP) is 2.60. The third-order valence-corrected chi connectivity index (χ3v) is 6.38. The van der Waals surface area contributed by atoms with E-state index in [2.05, 4.69) is 14.9 Å². The maximum absolute atomic E-state index is 14.0. The first kappa shape index (κ1) is 15.7. The van der Waals surface area contributed by atoms with Crippen molar-refractivity contribution >= 4 is 11.9 Å². The summed E-state index contributed by atoms with van der Waals surface area (Å²) in [5, 5.41) is 0. The lowest BCUT2D eigenvalue weighted by Gasteiger charge is -2.51. The maximum atomic E-state index is 14.0. The Labute approximate surface area is 151 Å². The number of carbonyl (C=O) groups excluding carboxylic acids is 1. The van der Waals surface area contributed by atoms with E-state index in [1.807, 2.05) is 11.0 Å². The van der Waals surface area contributed by atoms with Crippen LogP contribution in [0.3, 0.4) is 0 Å². The molecule has 3 aliphatic heterocycles. The van der Waals surface area contributed by atoms with Crippen LogP contribution >= 0.6 is 0 Å². The van der Waals surface area contributed by atoms with Gasteiger partial charge in [0, 0.05) is 44.0 Å². The van der Waals surface area contributed by atoms with Gasteiger partial charge in [-0.1, -0.05) is 12.1 Å². The van der Waals surface area contributed by atoms with Gasteiger partial charge in [-0.3, -0.25) is 4.79 Å². The van der Waals surface area contributed by atoms with Gasteiger partial charge in [0.05, 0.1) is 5.56 Å². The zero-order chi connectivity index (χ0) is 17.7. The van der Waals surface area contributed by atoms with E-state index in [1.54, 1.807) is 30.6 Å². The van der Waals surface area contributed by atoms with Crippen LogP contribution in [0.15, 0.2) is 42.7 Å². The number of carbonyl (C=O) groups is 1. The van der Waals surface area contributed by atoms with Gasteiger partial charge < -0.3 is 9.80 Å². The molecule has 2 bridgehead atoms. The molecule has 0 spiro atoms. The fourth-order valence-corrected chi connectivity index (χ4v) is 5.21. The molecular weight excluding hydrogens is 331 g/mol. The first-order valence-corrected chi connectivity index (χ1v) is 9.30. The molecule has 5 nitrogen and oxygen atoms in total. The third kappa shape index (κ3) is 2.39.